The van der Waals surface area contributed by atoms with E-state index in [1.807, 2.05) is 0 Å². The molecule has 4 nitrogen and oxygen atoms in total. The monoisotopic (exact) mass is 321 g/mol. The van der Waals surface area contributed by atoms with E-state index in [4.69, 9.17) is 16.3 Å². The van der Waals surface area contributed by atoms with Gasteiger partial charge in [0, 0.05) is 25.1 Å². The number of hydrogen-bond acceptors (Lipinski definition) is 4. The van der Waals surface area contributed by atoms with Crippen molar-refractivity contribution in [1.82, 2.24) is 4.31 Å². The fourth-order valence-electron chi connectivity index (χ4n) is 2.90. The Morgan fingerprint density at radius 3 is 2.84 bits per heavy atom. The van der Waals surface area contributed by atoms with E-state index in [1.54, 1.807) is 16.4 Å². The second kappa shape index (κ2) is 5.00. The second-order valence-corrected chi connectivity index (χ2v) is 9.18. The lowest BCUT2D eigenvalue weighted by Crippen LogP contribution is -2.46. The summed E-state index contributed by atoms with van der Waals surface area (Å²) in [6.45, 7) is 2.60. The molecule has 2 fully saturated rings. The molecule has 3 heterocycles. The topological polar surface area (TPSA) is 46.6 Å². The van der Waals surface area contributed by atoms with Gasteiger partial charge in [-0.15, -0.1) is 11.3 Å². The lowest BCUT2D eigenvalue weighted by atomic mass is 9.80. The number of sulfonamides is 1. The van der Waals surface area contributed by atoms with Gasteiger partial charge in [-0.05, 0) is 31.4 Å². The molecule has 0 aliphatic carbocycles. The zero-order valence-electron chi connectivity index (χ0n) is 10.5. The number of rotatable bonds is 2. The first-order chi connectivity index (χ1) is 9.02. The predicted molar refractivity (Wildman–Crippen MR) is 75.2 cm³/mol. The summed E-state index contributed by atoms with van der Waals surface area (Å²) < 4.78 is 33.1. The fraction of sp³-hybridized carbons (Fsp3) is 0.667. The largest absolute Gasteiger partial charge is 0.381 e. The van der Waals surface area contributed by atoms with Crippen LogP contribution >= 0.6 is 22.9 Å². The molecule has 19 heavy (non-hydrogen) atoms. The molecule has 2 aliphatic rings. The number of hydrogen-bond donors (Lipinski definition) is 0. The molecule has 2 aliphatic heterocycles. The van der Waals surface area contributed by atoms with Gasteiger partial charge in [0.25, 0.3) is 10.0 Å². The van der Waals surface area contributed by atoms with Crippen molar-refractivity contribution in [2.75, 3.05) is 26.3 Å². The number of nitrogens with zero attached hydrogens (tertiary/aromatic N) is 1. The Kier molecular flexibility index (Phi) is 3.64. The van der Waals surface area contributed by atoms with Crippen molar-refractivity contribution in [2.45, 2.75) is 23.5 Å². The van der Waals surface area contributed by atoms with Gasteiger partial charge in [-0.1, -0.05) is 11.6 Å². The Labute approximate surface area is 122 Å². The van der Waals surface area contributed by atoms with Gasteiger partial charge in [0.1, 0.15) is 4.21 Å². The third kappa shape index (κ3) is 2.56. The lowest BCUT2D eigenvalue weighted by molar-refractivity contribution is 0.105. The standard InChI is InChI=1S/C12H16ClNO3S2/c13-10-2-3-11(18-10)19(15,16)14-6-1-4-12(8-14)5-7-17-9-12/h2-3H,1,4-9H2/t12-/m0/s1. The van der Waals surface area contributed by atoms with Crippen LogP contribution in [0.5, 0.6) is 0 Å². The molecule has 1 atom stereocenters. The smallest absolute Gasteiger partial charge is 0.252 e. The lowest BCUT2D eigenvalue weighted by Gasteiger charge is -2.38. The Morgan fingerprint density at radius 1 is 1.37 bits per heavy atom. The van der Waals surface area contributed by atoms with Crippen LogP contribution < -0.4 is 0 Å². The highest BCUT2D eigenvalue weighted by atomic mass is 35.5. The Morgan fingerprint density at radius 2 is 2.21 bits per heavy atom. The maximum absolute atomic E-state index is 12.6. The third-order valence-electron chi connectivity index (χ3n) is 3.95. The van der Waals surface area contributed by atoms with Gasteiger partial charge in [-0.2, -0.15) is 4.31 Å². The summed E-state index contributed by atoms with van der Waals surface area (Å²) in [6.07, 6.45) is 2.93. The predicted octanol–water partition coefficient (Wildman–Crippen LogP) is 2.59. The maximum Gasteiger partial charge on any atom is 0.252 e. The minimum absolute atomic E-state index is 0.0341. The fourth-order valence-corrected chi connectivity index (χ4v) is 6.13. The molecule has 106 valence electrons. The van der Waals surface area contributed by atoms with E-state index in [-0.39, 0.29) is 5.41 Å². The number of thiophene rings is 1. The first-order valence-electron chi connectivity index (χ1n) is 6.35. The number of piperidine rings is 1. The van der Waals surface area contributed by atoms with Crippen molar-refractivity contribution in [1.29, 1.82) is 0 Å². The molecule has 0 aromatic carbocycles. The summed E-state index contributed by atoms with van der Waals surface area (Å²) in [4.78, 5) is 0. The maximum atomic E-state index is 12.6. The molecule has 0 N–H and O–H groups in total. The zero-order chi connectivity index (χ0) is 13.5. The van der Waals surface area contributed by atoms with E-state index in [0.717, 1.165) is 37.2 Å². The molecule has 7 heteroatoms. The van der Waals surface area contributed by atoms with E-state index in [0.29, 0.717) is 28.2 Å². The van der Waals surface area contributed by atoms with Crippen LogP contribution in [-0.2, 0) is 14.8 Å². The molecule has 0 amide bonds. The number of ether oxygens (including phenoxy) is 1. The normalized spacial score (nSPS) is 29.1. The highest BCUT2D eigenvalue weighted by molar-refractivity contribution is 7.91. The summed E-state index contributed by atoms with van der Waals surface area (Å²) in [5.41, 5.74) is 0.0341. The van der Waals surface area contributed by atoms with Crippen LogP contribution in [-0.4, -0.2) is 39.0 Å². The van der Waals surface area contributed by atoms with Crippen LogP contribution in [0, 0.1) is 5.41 Å². The van der Waals surface area contributed by atoms with Gasteiger partial charge in [-0.3, -0.25) is 0 Å². The molecule has 0 radical (unpaired) electrons. The highest BCUT2D eigenvalue weighted by Crippen LogP contribution is 2.40. The minimum atomic E-state index is -3.39. The van der Waals surface area contributed by atoms with Crippen molar-refractivity contribution in [2.24, 2.45) is 5.41 Å². The molecular formula is C12H16ClNO3S2. The van der Waals surface area contributed by atoms with Crippen molar-refractivity contribution in [3.8, 4) is 0 Å². The van der Waals surface area contributed by atoms with Crippen molar-refractivity contribution in [3.05, 3.63) is 16.5 Å². The summed E-state index contributed by atoms with van der Waals surface area (Å²) in [7, 11) is -3.39. The summed E-state index contributed by atoms with van der Waals surface area (Å²) in [5, 5.41) is 0. The van der Waals surface area contributed by atoms with Gasteiger partial charge >= 0.3 is 0 Å². The number of halogens is 1. The first-order valence-corrected chi connectivity index (χ1v) is 8.99. The van der Waals surface area contributed by atoms with E-state index in [9.17, 15) is 8.42 Å². The minimum Gasteiger partial charge on any atom is -0.381 e. The third-order valence-corrected chi connectivity index (χ3v) is 7.50. The molecule has 1 spiro atoms. The van der Waals surface area contributed by atoms with Crippen LogP contribution in [0.4, 0.5) is 0 Å². The van der Waals surface area contributed by atoms with Crippen LogP contribution in [0.2, 0.25) is 4.34 Å². The van der Waals surface area contributed by atoms with Gasteiger partial charge in [0.15, 0.2) is 0 Å². The van der Waals surface area contributed by atoms with Crippen molar-refractivity contribution in [3.63, 3.8) is 0 Å². The Balaban J connectivity index is 1.85. The zero-order valence-corrected chi connectivity index (χ0v) is 12.9. The van der Waals surface area contributed by atoms with E-state index >= 15 is 0 Å². The molecular weight excluding hydrogens is 306 g/mol. The van der Waals surface area contributed by atoms with Gasteiger partial charge in [0.05, 0.1) is 10.9 Å². The molecule has 1 aromatic heterocycles. The quantitative estimate of drug-likeness (QED) is 0.841. The van der Waals surface area contributed by atoms with E-state index in [1.165, 1.54) is 0 Å². The summed E-state index contributed by atoms with van der Waals surface area (Å²) in [5.74, 6) is 0. The molecule has 0 saturated carbocycles. The van der Waals surface area contributed by atoms with Crippen molar-refractivity contribution < 1.29 is 13.2 Å². The van der Waals surface area contributed by atoms with Gasteiger partial charge in [-0.25, -0.2) is 8.42 Å². The second-order valence-electron chi connectivity index (χ2n) is 5.30. The van der Waals surface area contributed by atoms with Gasteiger partial charge in [0.2, 0.25) is 0 Å². The first kappa shape index (κ1) is 13.8. The molecule has 0 unspecified atom stereocenters. The SMILES string of the molecule is O=S(=O)(c1ccc(Cl)s1)N1CCC[C@]2(CCOC2)C1. The van der Waals surface area contributed by atoms with E-state index < -0.39 is 10.0 Å². The average Bonchev–Trinajstić information content (AvgIpc) is 3.00. The van der Waals surface area contributed by atoms with Gasteiger partial charge < -0.3 is 4.74 Å². The van der Waals surface area contributed by atoms with Crippen LogP contribution in [0.3, 0.4) is 0 Å². The molecule has 3 rings (SSSR count). The Hall–Kier alpha value is -0.140. The average molecular weight is 322 g/mol. The molecule has 1 aromatic rings. The molecule has 0 bridgehead atoms. The van der Waals surface area contributed by atoms with Crippen LogP contribution in [0.25, 0.3) is 0 Å². The van der Waals surface area contributed by atoms with Crippen LogP contribution in [0.1, 0.15) is 19.3 Å². The summed E-state index contributed by atoms with van der Waals surface area (Å²) >= 11 is 6.97. The highest BCUT2D eigenvalue weighted by Gasteiger charge is 2.42. The van der Waals surface area contributed by atoms with Crippen LogP contribution in [0.15, 0.2) is 16.3 Å². The van der Waals surface area contributed by atoms with Crippen molar-refractivity contribution >= 4 is 33.0 Å². The summed E-state index contributed by atoms with van der Waals surface area (Å²) in [6, 6.07) is 3.23. The Bertz CT molecular complexity index is 563. The molecule has 2 saturated heterocycles. The van der Waals surface area contributed by atoms with E-state index in [2.05, 4.69) is 0 Å².